The molecule has 5 N–H and O–H groups in total. The van der Waals surface area contributed by atoms with E-state index < -0.39 is 112 Å². The molecule has 1 aliphatic heterocycles. The van der Waals surface area contributed by atoms with Crippen LogP contribution in [-0.4, -0.2) is 136 Å². The molecule has 15 rings (SSSR count). The average Bonchev–Trinajstić information content (AvgIpc) is 1.63. The van der Waals surface area contributed by atoms with Crippen molar-refractivity contribution in [1.29, 1.82) is 0 Å². The fourth-order valence-electron chi connectivity index (χ4n) is 13.0. The molecule has 0 aliphatic carbocycles. The number of furan rings is 4. The van der Waals surface area contributed by atoms with Gasteiger partial charge in [0.15, 0.2) is 0 Å². The van der Waals surface area contributed by atoms with E-state index in [9.17, 15) is 58.0 Å². The summed E-state index contributed by atoms with van der Waals surface area (Å²) in [5.41, 5.74) is 6.59. The van der Waals surface area contributed by atoms with Crippen molar-refractivity contribution in [3.05, 3.63) is 172 Å². The molecule has 7 heterocycles. The van der Waals surface area contributed by atoms with Gasteiger partial charge in [-0.2, -0.15) is 18.9 Å². The SMILES string of the molecule is CC(C)[C@@H](NS(=O)(=O)c1ccc2oc3cc(-c4nccs4)ccc3c2c1)C(=O)O.COC(=O)[C@H](NS(=O)(=O)c1ccc2oc3cc(-c4nccs4)ccc3c2c1)C(C)C.COC(=O)[C@H](NS(=O)(=O)c1ccc2oc3cc(B4OC(C)(C)C(C)(C)O4)ccc3c2c1)C(C)C.COC(=O)[C@H](NS(=O)(=O)c1ccc2oc3cc(I)ccc3c2c1)C(C)C. The number of rotatable bonds is 23. The summed E-state index contributed by atoms with van der Waals surface area (Å²) in [6.45, 7) is 21.7. The van der Waals surface area contributed by atoms with Gasteiger partial charge in [-0.1, -0.05) is 79.7 Å². The third-order valence-corrected chi connectivity index (χ3v) is 28.4. The summed E-state index contributed by atoms with van der Waals surface area (Å²) in [5.74, 6) is -4.30. The van der Waals surface area contributed by atoms with Crippen LogP contribution in [0.5, 0.6) is 0 Å². The first kappa shape index (κ1) is 88.7. The summed E-state index contributed by atoms with van der Waals surface area (Å²) in [6.07, 6.45) is 3.47. The Labute approximate surface area is 708 Å². The topological polar surface area (TPSA) is 398 Å². The molecule has 0 saturated carbocycles. The maximum atomic E-state index is 13.0. The Bertz CT molecular complexity index is 6670. The molecule has 0 unspecified atom stereocenters. The lowest BCUT2D eigenvalue weighted by atomic mass is 9.79. The number of hydrogen-bond acceptors (Lipinski definition) is 25. The highest BCUT2D eigenvalue weighted by Gasteiger charge is 2.52. The molecule has 14 aromatic rings. The highest BCUT2D eigenvalue weighted by Crippen LogP contribution is 2.40. The lowest BCUT2D eigenvalue weighted by Crippen LogP contribution is -2.44. The number of nitrogens with one attached hydrogen (secondary N) is 4. The van der Waals surface area contributed by atoms with Crippen molar-refractivity contribution in [2.45, 2.75) is 138 Å². The fraction of sp³-hybridized carbons (Fsp3) is 0.301. The summed E-state index contributed by atoms with van der Waals surface area (Å²) in [6, 6.07) is 37.0. The van der Waals surface area contributed by atoms with Crippen molar-refractivity contribution in [1.82, 2.24) is 28.9 Å². The van der Waals surface area contributed by atoms with Crippen molar-refractivity contribution in [3.63, 3.8) is 0 Å². The zero-order valence-electron chi connectivity index (χ0n) is 67.1. The number of carbonyl (C=O) groups excluding carboxylic acids is 3. The van der Waals surface area contributed by atoms with E-state index in [0.29, 0.717) is 66.2 Å². The van der Waals surface area contributed by atoms with Crippen molar-refractivity contribution in [3.8, 4) is 21.1 Å². The molecule has 0 radical (unpaired) electrons. The van der Waals surface area contributed by atoms with E-state index in [1.807, 2.05) is 111 Å². The molecule has 6 aromatic heterocycles. The number of thiazole rings is 2. The third kappa shape index (κ3) is 19.1. The maximum absolute atomic E-state index is 13.0. The maximum Gasteiger partial charge on any atom is 0.494 e. The fourth-order valence-corrected chi connectivity index (χ4v) is 20.1. The van der Waals surface area contributed by atoms with Crippen LogP contribution in [0.2, 0.25) is 0 Å². The molecule has 1 aliphatic rings. The number of nitrogens with zero attached hydrogens (tertiary/aromatic N) is 2. The van der Waals surface area contributed by atoms with Crippen molar-refractivity contribution in [2.75, 3.05) is 21.3 Å². The van der Waals surface area contributed by atoms with Gasteiger partial charge < -0.3 is 46.3 Å². The van der Waals surface area contributed by atoms with Crippen LogP contribution in [0.4, 0.5) is 0 Å². The minimum Gasteiger partial charge on any atom is -0.480 e. The van der Waals surface area contributed by atoms with Gasteiger partial charge in [-0.05, 0) is 201 Å². The summed E-state index contributed by atoms with van der Waals surface area (Å²) < 4.78 is 164. The Morgan fingerprint density at radius 2 is 0.689 bits per heavy atom. The van der Waals surface area contributed by atoms with Gasteiger partial charge in [0.1, 0.15) is 78.8 Å². The number of fused-ring (bicyclic) bond motifs is 12. The third-order valence-electron chi connectivity index (χ3n) is 20.3. The van der Waals surface area contributed by atoms with Gasteiger partial charge in [-0.15, -0.1) is 22.7 Å². The standard InChI is InChI=1S/C24H30BNO7S.C21H20N2O5S2.C20H18N2O5S2.C18H18INO5S/c1-14(2)21(22(27)30-7)26-34(28,29)16-9-11-19-18(13-16)17-10-8-15(12-20(17)31-19)25-32-23(3,4)24(5,6)33-25;1-12(2)19(21(24)27-3)23-30(25,26)14-5-7-17-16(11-14)15-6-4-13(10-18(15)28-17)20-22-8-9-29-20;1-11(2)18(20(23)24)22-29(25,26)13-4-6-16-15(10-13)14-5-3-12(9-17(14)27-16)19-21-7-8-28-19;1-10(2)17(18(21)24-3)20-26(22,23)12-5-7-15-14(9-12)13-6-4-11(19)8-16(13)25-15/h8-14,21,26H,1-7H3;4-12,19,23H,1-3H3;3-11,18,22H,1-2H3,(H,23,24);4-10,17,20H,1-3H3/t21-;19-;18-;17-/m1111/s1. The van der Waals surface area contributed by atoms with Gasteiger partial charge in [0.2, 0.25) is 40.1 Å². The average molecular weight is 1850 g/mol. The minimum absolute atomic E-state index is 0.0106. The van der Waals surface area contributed by atoms with Gasteiger partial charge in [0.05, 0.1) is 52.1 Å². The van der Waals surface area contributed by atoms with Crippen molar-refractivity contribution in [2.24, 2.45) is 23.7 Å². The van der Waals surface area contributed by atoms with Crippen LogP contribution in [0.15, 0.2) is 206 Å². The number of carboxylic acids is 1. The van der Waals surface area contributed by atoms with Crippen LogP contribution in [0.25, 0.3) is 109 Å². The normalized spacial score (nSPS) is 14.8. The Kier molecular flexibility index (Phi) is 26.3. The van der Waals surface area contributed by atoms with Crippen LogP contribution in [0.3, 0.4) is 0 Å². The van der Waals surface area contributed by atoms with E-state index in [0.717, 1.165) is 51.7 Å². The van der Waals surface area contributed by atoms with E-state index in [4.69, 9.17) is 41.2 Å². The van der Waals surface area contributed by atoms with E-state index in [2.05, 4.69) is 51.4 Å². The number of carbonyl (C=O) groups is 4. The first-order valence-corrected chi connectivity index (χ1v) is 46.0. The largest absolute Gasteiger partial charge is 0.494 e. The first-order chi connectivity index (χ1) is 56.0. The number of benzene rings is 8. The number of methoxy groups -OCH3 is 3. The second-order valence-corrected chi connectivity index (χ2v) is 40.3. The molecule has 119 heavy (non-hydrogen) atoms. The Balaban J connectivity index is 0.000000146. The van der Waals surface area contributed by atoms with Gasteiger partial charge in [-0.3, -0.25) is 19.2 Å². The highest BCUT2D eigenvalue weighted by molar-refractivity contribution is 14.1. The lowest BCUT2D eigenvalue weighted by Gasteiger charge is -2.32. The molecule has 1 fully saturated rings. The smallest absolute Gasteiger partial charge is 0.480 e. The van der Waals surface area contributed by atoms with E-state index in [1.165, 1.54) is 74.3 Å². The number of esters is 3. The molecular weight excluding hydrogens is 1760 g/mol. The second kappa shape index (κ2) is 35.3. The van der Waals surface area contributed by atoms with Crippen LogP contribution in [0, 0.1) is 27.2 Å². The molecule has 4 atom stereocenters. The molecule has 0 spiro atoms. The molecule has 36 heteroatoms. The van der Waals surface area contributed by atoms with Crippen LogP contribution >= 0.6 is 45.3 Å². The number of hydrogen-bond donors (Lipinski definition) is 5. The zero-order valence-corrected chi connectivity index (χ0v) is 74.2. The number of aliphatic carboxylic acids is 1. The number of aromatic nitrogens is 2. The van der Waals surface area contributed by atoms with E-state index >= 15 is 0 Å². The molecular formula is C83H86BIN6O22S6. The molecule has 0 amide bonds. The first-order valence-electron chi connectivity index (χ1n) is 37.3. The number of halogens is 1. The van der Waals surface area contributed by atoms with Crippen LogP contribution in [-0.2, 0) is 82.8 Å². The predicted molar refractivity (Wildman–Crippen MR) is 465 cm³/mol. The molecule has 28 nitrogen and oxygen atoms in total. The van der Waals surface area contributed by atoms with Gasteiger partial charge >= 0.3 is 31.0 Å². The summed E-state index contributed by atoms with van der Waals surface area (Å²) in [4.78, 5) is 56.0. The van der Waals surface area contributed by atoms with Crippen LogP contribution < -0.4 is 24.4 Å². The number of ether oxygens (including phenoxy) is 3. The minimum atomic E-state index is -4.01. The Hall–Kier alpha value is -9.55. The van der Waals surface area contributed by atoms with Gasteiger partial charge in [-0.25, -0.2) is 43.6 Å². The predicted octanol–water partition coefficient (Wildman–Crippen LogP) is 15.3. The molecule has 8 aromatic carbocycles. The lowest BCUT2D eigenvalue weighted by molar-refractivity contribution is -0.144. The van der Waals surface area contributed by atoms with Gasteiger partial charge in [0, 0.05) is 80.9 Å². The summed E-state index contributed by atoms with van der Waals surface area (Å²) in [7, 11) is -12.7. The number of carboxylic acid groups (broad SMARTS) is 1. The van der Waals surface area contributed by atoms with Crippen molar-refractivity contribution < 1.29 is 99.1 Å². The van der Waals surface area contributed by atoms with E-state index in [-0.39, 0.29) is 37.3 Å². The van der Waals surface area contributed by atoms with Gasteiger partial charge in [0.25, 0.3) is 0 Å². The highest BCUT2D eigenvalue weighted by atomic mass is 127. The van der Waals surface area contributed by atoms with Crippen molar-refractivity contribution >= 4 is 210 Å². The zero-order chi connectivity index (χ0) is 86.3. The Morgan fingerprint density at radius 1 is 0.395 bits per heavy atom. The quantitative estimate of drug-likeness (QED) is 0.0172. The Morgan fingerprint density at radius 3 is 0.983 bits per heavy atom. The monoisotopic (exact) mass is 1850 g/mol. The molecule has 1 saturated heterocycles. The molecule has 626 valence electrons. The van der Waals surface area contributed by atoms with E-state index in [1.54, 1.807) is 110 Å². The molecule has 0 bridgehead atoms. The van der Waals surface area contributed by atoms with Crippen LogP contribution in [0.1, 0.15) is 83.1 Å². The second-order valence-electron chi connectivity index (χ2n) is 30.4. The summed E-state index contributed by atoms with van der Waals surface area (Å²) in [5, 5.41) is 20.7. The summed E-state index contributed by atoms with van der Waals surface area (Å²) >= 11 is 5.24. The number of sulfonamides is 4.